The molecule has 6 nitrogen and oxygen atoms in total. The normalized spacial score (nSPS) is 10.4. The number of rotatable bonds is 5. The van der Waals surface area contributed by atoms with Crippen LogP contribution in [0.15, 0.2) is 64.7 Å². The van der Waals surface area contributed by atoms with Crippen molar-refractivity contribution >= 4 is 39.6 Å². The predicted octanol–water partition coefficient (Wildman–Crippen LogP) is 2.97. The van der Waals surface area contributed by atoms with E-state index in [9.17, 15) is 14.7 Å². The van der Waals surface area contributed by atoms with Crippen LogP contribution < -0.4 is 10.7 Å². The second kappa shape index (κ2) is 8.79. The van der Waals surface area contributed by atoms with Crippen LogP contribution in [-0.4, -0.2) is 23.1 Å². The maximum atomic E-state index is 11.8. The van der Waals surface area contributed by atoms with Gasteiger partial charge in [0.15, 0.2) is 0 Å². The van der Waals surface area contributed by atoms with E-state index >= 15 is 0 Å². The minimum atomic E-state index is -0.916. The fourth-order valence-electron chi connectivity index (χ4n) is 1.97. The van der Waals surface area contributed by atoms with Crippen molar-refractivity contribution in [2.24, 2.45) is 5.10 Å². The number of phenols is 1. The van der Waals surface area contributed by atoms with Crippen LogP contribution in [0.4, 0.5) is 5.69 Å². The van der Waals surface area contributed by atoms with E-state index in [1.54, 1.807) is 48.5 Å². The van der Waals surface area contributed by atoms with E-state index in [0.717, 1.165) is 4.47 Å². The summed E-state index contributed by atoms with van der Waals surface area (Å²) in [5, 5.41) is 16.2. The Morgan fingerprint density at radius 1 is 1.16 bits per heavy atom. The van der Waals surface area contributed by atoms with Crippen molar-refractivity contribution in [1.82, 2.24) is 5.43 Å². The highest BCUT2D eigenvalue weighted by atomic mass is 79.9. The zero-order valence-corrected chi connectivity index (χ0v) is 14.8. The summed E-state index contributed by atoms with van der Waals surface area (Å²) in [6.07, 6.45) is 3.45. The molecule has 0 aliphatic rings. The monoisotopic (exact) mass is 401 g/mol. The lowest BCUT2D eigenvalue weighted by Crippen LogP contribution is -2.32. The molecule has 0 saturated heterocycles. The molecule has 0 aliphatic carbocycles. The van der Waals surface area contributed by atoms with Gasteiger partial charge in [-0.3, -0.25) is 9.59 Å². The number of phenolic OH excluding ortho intramolecular Hbond substituents is 1. The summed E-state index contributed by atoms with van der Waals surface area (Å²) < 4.78 is 0.859. The van der Waals surface area contributed by atoms with Gasteiger partial charge >= 0.3 is 11.8 Å². The number of allylic oxidation sites excluding steroid dienone is 1. The third-order valence-electron chi connectivity index (χ3n) is 3.19. The Morgan fingerprint density at radius 3 is 2.56 bits per heavy atom. The van der Waals surface area contributed by atoms with Crippen molar-refractivity contribution in [2.45, 2.75) is 6.42 Å². The van der Waals surface area contributed by atoms with Gasteiger partial charge in [0.2, 0.25) is 0 Å². The number of anilines is 1. The van der Waals surface area contributed by atoms with Crippen LogP contribution in [0.2, 0.25) is 0 Å². The van der Waals surface area contributed by atoms with Crippen molar-refractivity contribution in [3.8, 4) is 5.75 Å². The zero-order valence-electron chi connectivity index (χ0n) is 13.2. The first-order valence-electron chi connectivity index (χ1n) is 7.33. The van der Waals surface area contributed by atoms with Crippen LogP contribution in [0.1, 0.15) is 11.1 Å². The van der Waals surface area contributed by atoms with Gasteiger partial charge in [-0.25, -0.2) is 5.43 Å². The third-order valence-corrected chi connectivity index (χ3v) is 3.72. The molecule has 0 saturated carbocycles. The lowest BCUT2D eigenvalue weighted by Gasteiger charge is -2.05. The third kappa shape index (κ3) is 5.29. The fraction of sp³-hybridized carbons (Fsp3) is 0.0556. The zero-order chi connectivity index (χ0) is 18.2. The molecular formula is C18H16BrN3O3. The molecule has 2 rings (SSSR count). The summed E-state index contributed by atoms with van der Waals surface area (Å²) in [6.45, 7) is 3.62. The number of carbonyl (C=O) groups is 2. The van der Waals surface area contributed by atoms with Gasteiger partial charge in [0.25, 0.3) is 0 Å². The van der Waals surface area contributed by atoms with E-state index in [0.29, 0.717) is 23.2 Å². The van der Waals surface area contributed by atoms with Gasteiger partial charge in [0.1, 0.15) is 5.75 Å². The lowest BCUT2D eigenvalue weighted by atomic mass is 10.1. The summed E-state index contributed by atoms with van der Waals surface area (Å²) in [5.41, 5.74) is 3.72. The maximum absolute atomic E-state index is 11.8. The van der Waals surface area contributed by atoms with E-state index in [4.69, 9.17) is 0 Å². The van der Waals surface area contributed by atoms with Gasteiger partial charge in [0.05, 0.1) is 6.21 Å². The molecule has 0 spiro atoms. The Morgan fingerprint density at radius 2 is 1.88 bits per heavy atom. The van der Waals surface area contributed by atoms with Crippen LogP contribution in [0.5, 0.6) is 5.75 Å². The molecule has 0 aromatic heterocycles. The molecule has 3 N–H and O–H groups in total. The van der Waals surface area contributed by atoms with Crippen LogP contribution >= 0.6 is 15.9 Å². The number of aromatic hydroxyl groups is 1. The molecule has 0 unspecified atom stereocenters. The molecule has 0 heterocycles. The van der Waals surface area contributed by atoms with Crippen LogP contribution in [-0.2, 0) is 16.0 Å². The molecule has 0 aliphatic heterocycles. The first-order valence-corrected chi connectivity index (χ1v) is 8.12. The number of nitrogens with one attached hydrogen (secondary N) is 2. The average molecular weight is 402 g/mol. The van der Waals surface area contributed by atoms with Crippen molar-refractivity contribution < 1.29 is 14.7 Å². The number of hydrazone groups is 1. The van der Waals surface area contributed by atoms with Crippen LogP contribution in [0.25, 0.3) is 0 Å². The van der Waals surface area contributed by atoms with E-state index in [1.165, 1.54) is 6.21 Å². The molecular weight excluding hydrogens is 386 g/mol. The number of hydrogen-bond donors (Lipinski definition) is 3. The van der Waals surface area contributed by atoms with E-state index < -0.39 is 11.8 Å². The average Bonchev–Trinajstić information content (AvgIpc) is 2.60. The molecule has 0 bridgehead atoms. The topological polar surface area (TPSA) is 90.8 Å². The van der Waals surface area contributed by atoms with Crippen molar-refractivity contribution in [3.63, 3.8) is 0 Å². The summed E-state index contributed by atoms with van der Waals surface area (Å²) >= 11 is 3.28. The molecule has 7 heteroatoms. The summed E-state index contributed by atoms with van der Waals surface area (Å²) in [7, 11) is 0. The Kier molecular flexibility index (Phi) is 6.47. The summed E-state index contributed by atoms with van der Waals surface area (Å²) in [5.74, 6) is -1.70. The molecule has 25 heavy (non-hydrogen) atoms. The van der Waals surface area contributed by atoms with Gasteiger partial charge in [-0.15, -0.1) is 6.58 Å². The van der Waals surface area contributed by atoms with E-state index in [2.05, 4.69) is 38.4 Å². The quantitative estimate of drug-likeness (QED) is 0.311. The number of nitrogens with zero attached hydrogens (tertiary/aromatic N) is 1. The highest BCUT2D eigenvalue weighted by Gasteiger charge is 2.12. The van der Waals surface area contributed by atoms with E-state index in [1.807, 2.05) is 0 Å². The number of para-hydroxylation sites is 1. The lowest BCUT2D eigenvalue weighted by molar-refractivity contribution is -0.136. The number of hydrogen-bond acceptors (Lipinski definition) is 4. The smallest absolute Gasteiger partial charge is 0.329 e. The Hall–Kier alpha value is -2.93. The number of amides is 2. The summed E-state index contributed by atoms with van der Waals surface area (Å²) in [4.78, 5) is 23.5. The maximum Gasteiger partial charge on any atom is 0.329 e. The number of carbonyl (C=O) groups excluding carboxylic acids is 2. The Balaban J connectivity index is 1.96. The highest BCUT2D eigenvalue weighted by molar-refractivity contribution is 9.10. The van der Waals surface area contributed by atoms with Crippen molar-refractivity contribution in [1.29, 1.82) is 0 Å². The molecule has 0 radical (unpaired) electrons. The van der Waals surface area contributed by atoms with Gasteiger partial charge in [-0.05, 0) is 42.3 Å². The van der Waals surface area contributed by atoms with Crippen LogP contribution in [0.3, 0.4) is 0 Å². The minimum Gasteiger partial charge on any atom is -0.507 e. The molecule has 0 atom stereocenters. The Labute approximate surface area is 153 Å². The first kappa shape index (κ1) is 18.4. The van der Waals surface area contributed by atoms with Crippen molar-refractivity contribution in [3.05, 3.63) is 70.7 Å². The van der Waals surface area contributed by atoms with Gasteiger partial charge in [-0.1, -0.05) is 34.1 Å². The molecule has 2 amide bonds. The predicted molar refractivity (Wildman–Crippen MR) is 101 cm³/mol. The standard InChI is InChI=1S/C18H16BrN3O3/c1-2-4-12-5-3-6-13(16(12)23)11-20-22-18(25)17(24)21-15-9-7-14(19)8-10-15/h2-3,5-11,23H,1,4H2,(H,21,24)(H,22,25)/b20-11-. The van der Waals surface area contributed by atoms with Gasteiger partial charge in [0, 0.05) is 15.7 Å². The van der Waals surface area contributed by atoms with Crippen molar-refractivity contribution in [2.75, 3.05) is 5.32 Å². The SMILES string of the molecule is C=CCc1cccc(/C=N\NC(=O)C(=O)Nc2ccc(Br)cc2)c1O. The first-order chi connectivity index (χ1) is 12.0. The highest BCUT2D eigenvalue weighted by Crippen LogP contribution is 2.21. The molecule has 0 fully saturated rings. The van der Waals surface area contributed by atoms with Gasteiger partial charge < -0.3 is 10.4 Å². The number of halogens is 1. The minimum absolute atomic E-state index is 0.0553. The number of benzene rings is 2. The Bertz CT molecular complexity index is 817. The largest absolute Gasteiger partial charge is 0.507 e. The second-order valence-electron chi connectivity index (χ2n) is 5.01. The summed E-state index contributed by atoms with van der Waals surface area (Å²) in [6, 6.07) is 11.9. The van der Waals surface area contributed by atoms with E-state index in [-0.39, 0.29) is 5.75 Å². The molecule has 2 aromatic carbocycles. The molecule has 2 aromatic rings. The van der Waals surface area contributed by atoms with Crippen LogP contribution in [0, 0.1) is 0 Å². The van der Waals surface area contributed by atoms with Gasteiger partial charge in [-0.2, -0.15) is 5.10 Å². The molecule has 128 valence electrons. The second-order valence-corrected chi connectivity index (χ2v) is 5.92. The fourth-order valence-corrected chi connectivity index (χ4v) is 2.23.